The smallest absolute Gasteiger partial charge is 0.106 e. The van der Waals surface area contributed by atoms with E-state index in [-0.39, 0.29) is 4.99 Å². The molecule has 0 atom stereocenters. The number of halogens is 2. The number of hydrogen-bond acceptors (Lipinski definition) is 2. The topological polar surface area (TPSA) is 43.8 Å². The molecule has 0 aliphatic carbocycles. The lowest BCUT2D eigenvalue weighted by Gasteiger charge is -2.08. The van der Waals surface area contributed by atoms with Crippen molar-refractivity contribution in [2.45, 2.75) is 0 Å². The lowest BCUT2D eigenvalue weighted by molar-refractivity contribution is 0.879. The van der Waals surface area contributed by atoms with Gasteiger partial charge in [-0.15, -0.1) is 0 Å². The summed E-state index contributed by atoms with van der Waals surface area (Å²) in [5.74, 6) is 0. The predicted octanol–water partition coefficient (Wildman–Crippen LogP) is 2.81. The van der Waals surface area contributed by atoms with Crippen molar-refractivity contribution in [2.75, 3.05) is 0 Å². The number of nitrogens with zero attached hydrogens (tertiary/aromatic N) is 2. The zero-order valence-corrected chi connectivity index (χ0v) is 10.4. The molecule has 0 aliphatic heterocycles. The molecule has 0 bridgehead atoms. The van der Waals surface area contributed by atoms with Gasteiger partial charge < -0.3 is 5.73 Å². The van der Waals surface area contributed by atoms with Crippen LogP contribution < -0.4 is 5.73 Å². The Hall–Kier alpha value is -1.10. The van der Waals surface area contributed by atoms with E-state index in [1.165, 1.54) is 0 Å². The fourth-order valence-corrected chi connectivity index (χ4v) is 1.81. The monoisotopic (exact) mass is 271 g/mol. The second kappa shape index (κ2) is 4.41. The van der Waals surface area contributed by atoms with E-state index in [9.17, 15) is 0 Å². The first-order chi connectivity index (χ1) is 7.58. The minimum atomic E-state index is 0.268. The molecule has 0 radical (unpaired) electrons. The number of nitrogens with two attached hydrogens (primary N) is 1. The fraction of sp³-hybridized carbons (Fsp3) is 0. The van der Waals surface area contributed by atoms with Gasteiger partial charge in [-0.25, -0.2) is 4.68 Å². The van der Waals surface area contributed by atoms with Gasteiger partial charge in [0.05, 0.1) is 16.9 Å². The Morgan fingerprint density at radius 3 is 2.62 bits per heavy atom. The van der Waals surface area contributed by atoms with Gasteiger partial charge in [0.25, 0.3) is 0 Å². The van der Waals surface area contributed by atoms with E-state index in [1.807, 2.05) is 0 Å². The summed E-state index contributed by atoms with van der Waals surface area (Å²) in [5, 5.41) is 5.20. The van der Waals surface area contributed by atoms with Gasteiger partial charge in [0, 0.05) is 16.8 Å². The highest BCUT2D eigenvalue weighted by molar-refractivity contribution is 7.80. The van der Waals surface area contributed by atoms with Gasteiger partial charge in [0.2, 0.25) is 0 Å². The van der Waals surface area contributed by atoms with Crippen LogP contribution in [0.4, 0.5) is 0 Å². The number of benzene rings is 1. The molecule has 2 N–H and O–H groups in total. The minimum absolute atomic E-state index is 0.268. The second-order valence-corrected chi connectivity index (χ2v) is 4.44. The standard InChI is InChI=1S/C10H7Cl2N3S/c11-6-1-2-9(8(3-6)10(13)16)15-5-7(12)4-14-15/h1-5H,(H2,13,16). The Kier molecular flexibility index (Phi) is 3.14. The van der Waals surface area contributed by atoms with Crippen LogP contribution in [0.25, 0.3) is 5.69 Å². The van der Waals surface area contributed by atoms with E-state index >= 15 is 0 Å². The molecule has 0 aliphatic rings. The zero-order chi connectivity index (χ0) is 11.7. The lowest BCUT2D eigenvalue weighted by atomic mass is 10.2. The highest BCUT2D eigenvalue weighted by Gasteiger charge is 2.09. The summed E-state index contributed by atoms with van der Waals surface area (Å²) in [6.45, 7) is 0. The third kappa shape index (κ3) is 2.19. The summed E-state index contributed by atoms with van der Waals surface area (Å²) in [5.41, 5.74) is 7.05. The van der Waals surface area contributed by atoms with Crippen LogP contribution in [0.1, 0.15) is 5.56 Å². The van der Waals surface area contributed by atoms with Crippen LogP contribution in [0.2, 0.25) is 10.0 Å². The highest BCUT2D eigenvalue weighted by Crippen LogP contribution is 2.20. The van der Waals surface area contributed by atoms with Crippen molar-refractivity contribution in [1.82, 2.24) is 9.78 Å². The van der Waals surface area contributed by atoms with Gasteiger partial charge in [-0.3, -0.25) is 0 Å². The van der Waals surface area contributed by atoms with Gasteiger partial charge in [-0.1, -0.05) is 35.4 Å². The molecule has 3 nitrogen and oxygen atoms in total. The Labute approximate surface area is 108 Å². The molecule has 0 saturated heterocycles. The first-order valence-corrected chi connectivity index (χ1v) is 5.54. The zero-order valence-electron chi connectivity index (χ0n) is 8.02. The quantitative estimate of drug-likeness (QED) is 0.855. The van der Waals surface area contributed by atoms with Crippen molar-refractivity contribution in [2.24, 2.45) is 5.73 Å². The summed E-state index contributed by atoms with van der Waals surface area (Å²) in [7, 11) is 0. The summed E-state index contributed by atoms with van der Waals surface area (Å²) < 4.78 is 1.60. The highest BCUT2D eigenvalue weighted by atomic mass is 35.5. The van der Waals surface area contributed by atoms with Gasteiger partial charge in [-0.2, -0.15) is 5.10 Å². The molecule has 1 aromatic heterocycles. The molecule has 0 saturated carbocycles. The maximum atomic E-state index is 5.88. The van der Waals surface area contributed by atoms with Crippen molar-refractivity contribution in [1.29, 1.82) is 0 Å². The van der Waals surface area contributed by atoms with Crippen molar-refractivity contribution in [3.05, 3.63) is 46.2 Å². The van der Waals surface area contributed by atoms with E-state index in [2.05, 4.69) is 5.10 Å². The largest absolute Gasteiger partial charge is 0.389 e. The molecule has 2 rings (SSSR count). The van der Waals surface area contributed by atoms with E-state index in [0.717, 1.165) is 5.69 Å². The fourth-order valence-electron chi connectivity index (χ4n) is 1.34. The van der Waals surface area contributed by atoms with Crippen molar-refractivity contribution in [3.63, 3.8) is 0 Å². The molecular formula is C10H7Cl2N3S. The first kappa shape index (κ1) is 11.4. The molecule has 1 heterocycles. The summed E-state index contributed by atoms with van der Waals surface area (Å²) in [6.07, 6.45) is 3.21. The van der Waals surface area contributed by atoms with Crippen LogP contribution in [0, 0.1) is 0 Å². The van der Waals surface area contributed by atoms with Gasteiger partial charge in [-0.05, 0) is 18.2 Å². The Balaban J connectivity index is 2.60. The molecule has 6 heteroatoms. The molecule has 0 fully saturated rings. The summed E-state index contributed by atoms with van der Waals surface area (Å²) in [4.78, 5) is 0.268. The third-order valence-electron chi connectivity index (χ3n) is 2.02. The number of hydrogen-bond donors (Lipinski definition) is 1. The molecule has 0 unspecified atom stereocenters. The molecule has 0 spiro atoms. The van der Waals surface area contributed by atoms with Gasteiger partial charge in [0.15, 0.2) is 0 Å². The predicted molar refractivity (Wildman–Crippen MR) is 69.5 cm³/mol. The van der Waals surface area contributed by atoms with Crippen LogP contribution in [0.3, 0.4) is 0 Å². The van der Waals surface area contributed by atoms with Gasteiger partial charge >= 0.3 is 0 Å². The van der Waals surface area contributed by atoms with Crippen LogP contribution in [-0.2, 0) is 0 Å². The number of aromatic nitrogens is 2. The van der Waals surface area contributed by atoms with E-state index in [1.54, 1.807) is 35.3 Å². The van der Waals surface area contributed by atoms with Crippen molar-refractivity contribution >= 4 is 40.4 Å². The summed E-state index contributed by atoms with van der Waals surface area (Å²) in [6, 6.07) is 5.24. The minimum Gasteiger partial charge on any atom is -0.389 e. The average molecular weight is 272 g/mol. The number of rotatable bonds is 2. The molecule has 2 aromatic rings. The van der Waals surface area contributed by atoms with Crippen LogP contribution in [-0.4, -0.2) is 14.8 Å². The molecule has 0 amide bonds. The number of thiocarbonyl (C=S) groups is 1. The lowest BCUT2D eigenvalue weighted by Crippen LogP contribution is -2.13. The first-order valence-electron chi connectivity index (χ1n) is 4.38. The SMILES string of the molecule is NC(=S)c1cc(Cl)ccc1-n1cc(Cl)cn1. The third-order valence-corrected chi connectivity index (χ3v) is 2.67. The molecule has 16 heavy (non-hydrogen) atoms. The average Bonchev–Trinajstić information content (AvgIpc) is 2.64. The second-order valence-electron chi connectivity index (χ2n) is 3.13. The maximum Gasteiger partial charge on any atom is 0.106 e. The maximum absolute atomic E-state index is 5.88. The van der Waals surface area contributed by atoms with Crippen molar-refractivity contribution in [3.8, 4) is 5.69 Å². The molecular weight excluding hydrogens is 265 g/mol. The molecule has 1 aromatic carbocycles. The Morgan fingerprint density at radius 1 is 1.31 bits per heavy atom. The molecule has 82 valence electrons. The van der Waals surface area contributed by atoms with Crippen LogP contribution in [0.5, 0.6) is 0 Å². The van der Waals surface area contributed by atoms with Crippen molar-refractivity contribution < 1.29 is 0 Å². The van der Waals surface area contributed by atoms with Crippen LogP contribution in [0.15, 0.2) is 30.6 Å². The normalized spacial score (nSPS) is 10.4. The Bertz CT molecular complexity index is 551. The van der Waals surface area contributed by atoms with E-state index in [0.29, 0.717) is 15.6 Å². The van der Waals surface area contributed by atoms with Crippen LogP contribution >= 0.6 is 35.4 Å². The summed E-state index contributed by atoms with van der Waals surface area (Å²) >= 11 is 16.6. The van der Waals surface area contributed by atoms with E-state index < -0.39 is 0 Å². The van der Waals surface area contributed by atoms with E-state index in [4.69, 9.17) is 41.2 Å². The Morgan fingerprint density at radius 2 is 2.06 bits per heavy atom. The van der Waals surface area contributed by atoms with Gasteiger partial charge in [0.1, 0.15) is 4.99 Å².